The summed E-state index contributed by atoms with van der Waals surface area (Å²) in [5.74, 6) is -1.50. The molecule has 0 aliphatic rings. The highest BCUT2D eigenvalue weighted by Gasteiger charge is 2.35. The molecule has 0 aliphatic heterocycles. The van der Waals surface area contributed by atoms with Crippen molar-refractivity contribution in [3.05, 3.63) is 18.2 Å². The van der Waals surface area contributed by atoms with Crippen LogP contribution in [0.2, 0.25) is 0 Å². The summed E-state index contributed by atoms with van der Waals surface area (Å²) in [6.45, 7) is 0. The standard InChI is InChI=1S/C7H4F3N5S2/c8-7(9,10)5-14-3(11)1-4(15-5)16-6-12-2-13-17-6/h1-2H,(H2,11,14,15). The van der Waals surface area contributed by atoms with Crippen LogP contribution in [0.15, 0.2) is 21.8 Å². The number of alkyl halides is 3. The van der Waals surface area contributed by atoms with Crippen molar-refractivity contribution in [1.29, 1.82) is 0 Å². The van der Waals surface area contributed by atoms with Crippen LogP contribution in [0.4, 0.5) is 19.0 Å². The van der Waals surface area contributed by atoms with E-state index in [-0.39, 0.29) is 10.8 Å². The Morgan fingerprint density at radius 2 is 2.06 bits per heavy atom. The molecular weight excluding hydrogens is 275 g/mol. The number of nitrogens with zero attached hydrogens (tertiary/aromatic N) is 4. The molecule has 0 atom stereocenters. The topological polar surface area (TPSA) is 77.6 Å². The molecule has 2 aromatic rings. The van der Waals surface area contributed by atoms with E-state index in [2.05, 4.69) is 19.3 Å². The lowest BCUT2D eigenvalue weighted by Gasteiger charge is -2.06. The molecule has 0 spiro atoms. The minimum absolute atomic E-state index is 0.0848. The first-order chi connectivity index (χ1) is 7.95. The molecule has 2 aromatic heterocycles. The molecule has 10 heteroatoms. The number of hydrogen-bond donors (Lipinski definition) is 1. The average Bonchev–Trinajstić information content (AvgIpc) is 2.68. The highest BCUT2D eigenvalue weighted by atomic mass is 32.2. The van der Waals surface area contributed by atoms with Crippen LogP contribution in [0.25, 0.3) is 0 Å². The lowest BCUT2D eigenvalue weighted by Crippen LogP contribution is -2.12. The zero-order chi connectivity index (χ0) is 12.5. The van der Waals surface area contributed by atoms with Crippen molar-refractivity contribution in [1.82, 2.24) is 19.3 Å². The molecule has 2 heterocycles. The Kier molecular flexibility index (Phi) is 3.15. The average molecular weight is 279 g/mol. The molecule has 0 bridgehead atoms. The van der Waals surface area contributed by atoms with Crippen molar-refractivity contribution in [2.24, 2.45) is 0 Å². The molecule has 0 amide bonds. The number of anilines is 1. The monoisotopic (exact) mass is 279 g/mol. The normalized spacial score (nSPS) is 11.7. The van der Waals surface area contributed by atoms with Crippen LogP contribution >= 0.6 is 23.3 Å². The Bertz CT molecular complexity index is 513. The number of nitrogen functional groups attached to an aromatic ring is 1. The van der Waals surface area contributed by atoms with Gasteiger partial charge in [-0.15, -0.1) is 0 Å². The van der Waals surface area contributed by atoms with Crippen molar-refractivity contribution < 1.29 is 13.2 Å². The van der Waals surface area contributed by atoms with Gasteiger partial charge in [0.05, 0.1) is 0 Å². The van der Waals surface area contributed by atoms with E-state index < -0.39 is 12.0 Å². The van der Waals surface area contributed by atoms with E-state index in [0.29, 0.717) is 4.34 Å². The van der Waals surface area contributed by atoms with Gasteiger partial charge in [0.1, 0.15) is 17.2 Å². The van der Waals surface area contributed by atoms with Gasteiger partial charge < -0.3 is 5.73 Å². The van der Waals surface area contributed by atoms with E-state index in [1.807, 2.05) is 0 Å². The molecule has 2 N–H and O–H groups in total. The van der Waals surface area contributed by atoms with Gasteiger partial charge in [-0.05, 0) is 23.3 Å². The van der Waals surface area contributed by atoms with E-state index in [0.717, 1.165) is 23.3 Å². The van der Waals surface area contributed by atoms with E-state index in [9.17, 15) is 13.2 Å². The predicted octanol–water partition coefficient (Wildman–Crippen LogP) is 2.08. The van der Waals surface area contributed by atoms with E-state index in [4.69, 9.17) is 5.73 Å². The maximum atomic E-state index is 12.4. The Morgan fingerprint density at radius 3 is 2.65 bits per heavy atom. The van der Waals surface area contributed by atoms with Gasteiger partial charge in [-0.1, -0.05) is 0 Å². The summed E-state index contributed by atoms with van der Waals surface area (Å²) in [6, 6.07) is 1.25. The fourth-order valence-corrected chi connectivity index (χ4v) is 2.32. The zero-order valence-corrected chi connectivity index (χ0v) is 9.60. The first kappa shape index (κ1) is 12.0. The first-order valence-electron chi connectivity index (χ1n) is 4.11. The predicted molar refractivity (Wildman–Crippen MR) is 55.5 cm³/mol. The van der Waals surface area contributed by atoms with Crippen LogP contribution in [0.5, 0.6) is 0 Å². The lowest BCUT2D eigenvalue weighted by molar-refractivity contribution is -0.145. The number of halogens is 3. The van der Waals surface area contributed by atoms with Crippen molar-refractivity contribution in [2.45, 2.75) is 15.5 Å². The van der Waals surface area contributed by atoms with Crippen molar-refractivity contribution in [3.63, 3.8) is 0 Å². The van der Waals surface area contributed by atoms with Crippen LogP contribution in [0.1, 0.15) is 5.82 Å². The lowest BCUT2D eigenvalue weighted by atomic mass is 10.5. The Morgan fingerprint density at radius 1 is 1.29 bits per heavy atom. The third-order valence-electron chi connectivity index (χ3n) is 1.51. The molecule has 2 rings (SSSR count). The molecule has 5 nitrogen and oxygen atoms in total. The van der Waals surface area contributed by atoms with Crippen LogP contribution in [-0.2, 0) is 6.18 Å². The maximum Gasteiger partial charge on any atom is 0.451 e. The summed E-state index contributed by atoms with van der Waals surface area (Å²) in [5.41, 5.74) is 5.29. The first-order valence-corrected chi connectivity index (χ1v) is 5.70. The third-order valence-corrected chi connectivity index (χ3v) is 3.14. The second-order valence-corrected chi connectivity index (χ2v) is 4.81. The summed E-state index contributed by atoms with van der Waals surface area (Å²) in [5, 5.41) is 0.0848. The Balaban J connectivity index is 2.32. The summed E-state index contributed by atoms with van der Waals surface area (Å²) in [4.78, 5) is 10.3. The molecule has 0 aromatic carbocycles. The summed E-state index contributed by atoms with van der Waals surface area (Å²) in [6.07, 6.45) is -3.31. The molecule has 17 heavy (non-hydrogen) atoms. The van der Waals surface area contributed by atoms with Crippen LogP contribution in [0, 0.1) is 0 Å². The van der Waals surface area contributed by atoms with Crippen LogP contribution < -0.4 is 5.73 Å². The van der Waals surface area contributed by atoms with Gasteiger partial charge in [0.15, 0.2) is 4.34 Å². The van der Waals surface area contributed by atoms with Gasteiger partial charge >= 0.3 is 6.18 Å². The molecule has 90 valence electrons. The van der Waals surface area contributed by atoms with Crippen LogP contribution in [0.3, 0.4) is 0 Å². The van der Waals surface area contributed by atoms with E-state index in [1.165, 1.54) is 12.4 Å². The Labute approximate surface area is 101 Å². The van der Waals surface area contributed by atoms with Crippen LogP contribution in [-0.4, -0.2) is 19.3 Å². The fourth-order valence-electron chi connectivity index (χ4n) is 0.919. The number of nitrogens with two attached hydrogens (primary N) is 1. The zero-order valence-electron chi connectivity index (χ0n) is 7.97. The van der Waals surface area contributed by atoms with Gasteiger partial charge in [0, 0.05) is 6.07 Å². The van der Waals surface area contributed by atoms with Gasteiger partial charge in [-0.25, -0.2) is 15.0 Å². The summed E-state index contributed by atoms with van der Waals surface area (Å²) >= 11 is 2.01. The minimum Gasteiger partial charge on any atom is -0.384 e. The van der Waals surface area contributed by atoms with Gasteiger partial charge in [-0.3, -0.25) is 0 Å². The van der Waals surface area contributed by atoms with Crippen molar-refractivity contribution in [3.8, 4) is 0 Å². The molecule has 0 unspecified atom stereocenters. The second-order valence-electron chi connectivity index (χ2n) is 2.76. The highest BCUT2D eigenvalue weighted by molar-refractivity contribution is 8.00. The SMILES string of the molecule is Nc1cc(Sc2ncns2)nc(C(F)(F)F)n1. The molecular formula is C7H4F3N5S2. The van der Waals surface area contributed by atoms with Gasteiger partial charge in [0.25, 0.3) is 0 Å². The van der Waals surface area contributed by atoms with Crippen molar-refractivity contribution in [2.75, 3.05) is 5.73 Å². The van der Waals surface area contributed by atoms with Crippen molar-refractivity contribution >= 4 is 29.1 Å². The molecule has 0 aliphatic carbocycles. The molecule has 0 fully saturated rings. The van der Waals surface area contributed by atoms with E-state index >= 15 is 0 Å². The number of rotatable bonds is 2. The maximum absolute atomic E-state index is 12.4. The molecule has 0 radical (unpaired) electrons. The fraction of sp³-hybridized carbons (Fsp3) is 0.143. The van der Waals surface area contributed by atoms with Gasteiger partial charge in [-0.2, -0.15) is 17.5 Å². The van der Waals surface area contributed by atoms with Gasteiger partial charge in [0.2, 0.25) is 5.82 Å². The summed E-state index contributed by atoms with van der Waals surface area (Å²) < 4.78 is 41.4. The Hall–Kier alpha value is -1.42. The minimum atomic E-state index is -4.62. The highest BCUT2D eigenvalue weighted by Crippen LogP contribution is 2.31. The number of aromatic nitrogens is 4. The smallest absolute Gasteiger partial charge is 0.384 e. The molecule has 0 saturated carbocycles. The largest absolute Gasteiger partial charge is 0.451 e. The molecule has 0 saturated heterocycles. The second kappa shape index (κ2) is 4.45. The summed E-state index contributed by atoms with van der Waals surface area (Å²) in [7, 11) is 0. The van der Waals surface area contributed by atoms with E-state index in [1.54, 1.807) is 0 Å². The quantitative estimate of drug-likeness (QED) is 0.848. The number of hydrogen-bond acceptors (Lipinski definition) is 7. The third kappa shape index (κ3) is 3.03.